The fraction of sp³-hybridized carbons (Fsp3) is 0.320. The van der Waals surface area contributed by atoms with Crippen LogP contribution >= 0.6 is 27.7 Å². The van der Waals surface area contributed by atoms with Crippen molar-refractivity contribution in [3.63, 3.8) is 0 Å². The van der Waals surface area contributed by atoms with E-state index in [9.17, 15) is 4.79 Å². The number of rotatable bonds is 10. The first kappa shape index (κ1) is 25.1. The Morgan fingerprint density at radius 1 is 1.24 bits per heavy atom. The van der Waals surface area contributed by atoms with Gasteiger partial charge in [0.1, 0.15) is 12.4 Å². The normalized spacial score (nSPS) is 11.0. The molecule has 0 spiro atoms. The Labute approximate surface area is 208 Å². The van der Waals surface area contributed by atoms with Crippen LogP contribution in [0.1, 0.15) is 42.3 Å². The molecule has 3 rings (SSSR count). The van der Waals surface area contributed by atoms with Gasteiger partial charge in [0.15, 0.2) is 11.0 Å². The minimum absolute atomic E-state index is 0.0886. The second-order valence-electron chi connectivity index (χ2n) is 8.08. The molecule has 1 aromatic heterocycles. The lowest BCUT2D eigenvalue weighted by Gasteiger charge is -2.15. The van der Waals surface area contributed by atoms with Gasteiger partial charge in [-0.1, -0.05) is 65.3 Å². The van der Waals surface area contributed by atoms with Crippen molar-refractivity contribution in [3.05, 3.63) is 76.0 Å². The maximum Gasteiger partial charge on any atom is 0.234 e. The topological polar surface area (TPSA) is 69.0 Å². The monoisotopic (exact) mass is 528 g/mol. The molecule has 0 radical (unpaired) electrons. The highest BCUT2D eigenvalue weighted by Crippen LogP contribution is 2.30. The lowest BCUT2D eigenvalue weighted by atomic mass is 10.0. The SMILES string of the molecule is C=CCn1c(COc2ccc(Br)cc2C(C)C)nnc1SCC(=O)Nc1ccc(C)cc1C. The molecule has 1 heterocycles. The quantitative estimate of drug-likeness (QED) is 0.247. The molecule has 0 bridgehead atoms. The molecule has 2 aromatic carbocycles. The van der Waals surface area contributed by atoms with E-state index in [1.165, 1.54) is 11.8 Å². The molecular weight excluding hydrogens is 500 g/mol. The van der Waals surface area contributed by atoms with Gasteiger partial charge in [-0.2, -0.15) is 0 Å². The van der Waals surface area contributed by atoms with E-state index in [0.717, 1.165) is 32.6 Å². The van der Waals surface area contributed by atoms with Crippen molar-refractivity contribution >= 4 is 39.3 Å². The number of carbonyl (C=O) groups excluding carboxylic acids is 1. The van der Waals surface area contributed by atoms with Crippen molar-refractivity contribution in [2.45, 2.75) is 51.9 Å². The van der Waals surface area contributed by atoms with Crippen molar-refractivity contribution in [2.24, 2.45) is 0 Å². The Kier molecular flexibility index (Phi) is 8.74. The molecule has 8 heteroatoms. The number of hydrogen-bond donors (Lipinski definition) is 1. The lowest BCUT2D eigenvalue weighted by molar-refractivity contribution is -0.113. The van der Waals surface area contributed by atoms with Crippen LogP contribution in [0, 0.1) is 13.8 Å². The molecule has 0 saturated carbocycles. The number of benzene rings is 2. The van der Waals surface area contributed by atoms with E-state index in [4.69, 9.17) is 4.74 Å². The summed E-state index contributed by atoms with van der Waals surface area (Å²) in [6.07, 6.45) is 1.78. The van der Waals surface area contributed by atoms with Crippen LogP contribution in [0.25, 0.3) is 0 Å². The largest absolute Gasteiger partial charge is 0.485 e. The van der Waals surface area contributed by atoms with Crippen LogP contribution in [0.5, 0.6) is 5.75 Å². The number of thioether (sulfide) groups is 1. The number of hydrogen-bond acceptors (Lipinski definition) is 5. The molecule has 0 aliphatic carbocycles. The Hall–Kier alpha value is -2.58. The Bertz CT molecular complexity index is 1140. The number of aromatic nitrogens is 3. The summed E-state index contributed by atoms with van der Waals surface area (Å²) in [5, 5.41) is 12.2. The first-order valence-electron chi connectivity index (χ1n) is 10.7. The molecule has 174 valence electrons. The van der Waals surface area contributed by atoms with E-state index in [2.05, 4.69) is 57.9 Å². The summed E-state index contributed by atoms with van der Waals surface area (Å²) in [6.45, 7) is 12.9. The van der Waals surface area contributed by atoms with Gasteiger partial charge in [0, 0.05) is 16.7 Å². The highest BCUT2D eigenvalue weighted by Gasteiger charge is 2.16. The Morgan fingerprint density at radius 3 is 2.73 bits per heavy atom. The summed E-state index contributed by atoms with van der Waals surface area (Å²) in [6, 6.07) is 12.0. The molecule has 1 N–H and O–H groups in total. The van der Waals surface area contributed by atoms with Crippen LogP contribution in [0.4, 0.5) is 5.69 Å². The number of carbonyl (C=O) groups is 1. The van der Waals surface area contributed by atoms with E-state index in [1.54, 1.807) is 6.08 Å². The van der Waals surface area contributed by atoms with E-state index < -0.39 is 0 Å². The molecule has 0 saturated heterocycles. The third-order valence-electron chi connectivity index (χ3n) is 5.04. The second kappa shape index (κ2) is 11.5. The van der Waals surface area contributed by atoms with Crippen molar-refractivity contribution in [1.82, 2.24) is 14.8 Å². The predicted molar refractivity (Wildman–Crippen MR) is 138 cm³/mol. The van der Waals surface area contributed by atoms with Gasteiger partial charge in [-0.15, -0.1) is 16.8 Å². The van der Waals surface area contributed by atoms with Crippen LogP contribution in [0.3, 0.4) is 0 Å². The van der Waals surface area contributed by atoms with Crippen molar-refractivity contribution in [2.75, 3.05) is 11.1 Å². The summed E-state index contributed by atoms with van der Waals surface area (Å²) < 4.78 is 9.05. The van der Waals surface area contributed by atoms with E-state index in [0.29, 0.717) is 23.4 Å². The fourth-order valence-corrected chi connectivity index (χ4v) is 4.50. The van der Waals surface area contributed by atoms with E-state index >= 15 is 0 Å². The van der Waals surface area contributed by atoms with E-state index in [-0.39, 0.29) is 18.3 Å². The maximum atomic E-state index is 12.5. The minimum atomic E-state index is -0.0886. The number of amides is 1. The van der Waals surface area contributed by atoms with Gasteiger partial charge in [0.25, 0.3) is 0 Å². The van der Waals surface area contributed by atoms with Gasteiger partial charge >= 0.3 is 0 Å². The minimum Gasteiger partial charge on any atom is -0.485 e. The van der Waals surface area contributed by atoms with Crippen LogP contribution in [-0.4, -0.2) is 26.4 Å². The van der Waals surface area contributed by atoms with Crippen LogP contribution in [0.15, 0.2) is 58.7 Å². The highest BCUT2D eigenvalue weighted by atomic mass is 79.9. The Balaban J connectivity index is 1.67. The third kappa shape index (κ3) is 6.71. The number of nitrogens with one attached hydrogen (secondary N) is 1. The molecule has 6 nitrogen and oxygen atoms in total. The molecule has 1 amide bonds. The Morgan fingerprint density at radius 2 is 2.03 bits per heavy atom. The molecule has 0 fully saturated rings. The zero-order valence-electron chi connectivity index (χ0n) is 19.4. The lowest BCUT2D eigenvalue weighted by Crippen LogP contribution is -2.15. The van der Waals surface area contributed by atoms with Crippen LogP contribution in [-0.2, 0) is 17.9 Å². The standard InChI is InChI=1S/C25H29BrN4O2S/c1-6-11-30-23(14-32-22-10-8-19(26)13-20(22)16(2)3)28-29-25(30)33-15-24(31)27-21-9-7-17(4)12-18(21)5/h6-10,12-13,16H,1,11,14-15H2,2-5H3,(H,27,31). The summed E-state index contributed by atoms with van der Waals surface area (Å²) in [5.74, 6) is 1.97. The summed E-state index contributed by atoms with van der Waals surface area (Å²) in [4.78, 5) is 12.5. The molecule has 0 unspecified atom stereocenters. The van der Waals surface area contributed by atoms with Gasteiger partial charge in [-0.05, 0) is 55.2 Å². The first-order chi connectivity index (χ1) is 15.8. The summed E-state index contributed by atoms with van der Waals surface area (Å²) in [5.41, 5.74) is 4.15. The molecule has 3 aromatic rings. The van der Waals surface area contributed by atoms with Crippen LogP contribution < -0.4 is 10.1 Å². The zero-order valence-corrected chi connectivity index (χ0v) is 21.8. The summed E-state index contributed by atoms with van der Waals surface area (Å²) >= 11 is 4.87. The molecule has 33 heavy (non-hydrogen) atoms. The second-order valence-corrected chi connectivity index (χ2v) is 9.94. The summed E-state index contributed by atoms with van der Waals surface area (Å²) in [7, 11) is 0. The smallest absolute Gasteiger partial charge is 0.234 e. The zero-order chi connectivity index (χ0) is 24.0. The predicted octanol–water partition coefficient (Wildman–Crippen LogP) is 6.28. The average Bonchev–Trinajstić information content (AvgIpc) is 3.15. The van der Waals surface area contributed by atoms with Crippen molar-refractivity contribution in [3.8, 4) is 5.75 Å². The molecule has 0 atom stereocenters. The molecular formula is C25H29BrN4O2S. The number of allylic oxidation sites excluding steroid dienone is 1. The van der Waals surface area contributed by atoms with Gasteiger partial charge in [-0.25, -0.2) is 0 Å². The third-order valence-corrected chi connectivity index (χ3v) is 6.50. The van der Waals surface area contributed by atoms with Gasteiger partial charge in [-0.3, -0.25) is 9.36 Å². The van der Waals surface area contributed by atoms with Crippen molar-refractivity contribution in [1.29, 1.82) is 0 Å². The van der Waals surface area contributed by atoms with Gasteiger partial charge < -0.3 is 10.1 Å². The van der Waals surface area contributed by atoms with Crippen LogP contribution in [0.2, 0.25) is 0 Å². The first-order valence-corrected chi connectivity index (χ1v) is 12.5. The number of ether oxygens (including phenoxy) is 1. The average molecular weight is 530 g/mol. The number of halogens is 1. The van der Waals surface area contributed by atoms with Gasteiger partial charge in [0.05, 0.1) is 5.75 Å². The number of anilines is 1. The molecule has 0 aliphatic heterocycles. The number of nitrogens with zero attached hydrogens (tertiary/aromatic N) is 3. The highest BCUT2D eigenvalue weighted by molar-refractivity contribution is 9.10. The molecule has 0 aliphatic rings. The maximum absolute atomic E-state index is 12.5. The fourth-order valence-electron chi connectivity index (χ4n) is 3.36. The van der Waals surface area contributed by atoms with Crippen molar-refractivity contribution < 1.29 is 9.53 Å². The number of aryl methyl sites for hydroxylation is 2. The van der Waals surface area contributed by atoms with E-state index in [1.807, 2.05) is 48.7 Å². The van der Waals surface area contributed by atoms with Gasteiger partial charge in [0.2, 0.25) is 5.91 Å².